The molecule has 0 saturated carbocycles. The molecule has 2 rings (SSSR count). The van der Waals surface area contributed by atoms with Crippen molar-refractivity contribution in [3.63, 3.8) is 0 Å². The summed E-state index contributed by atoms with van der Waals surface area (Å²) in [5.41, 5.74) is 1.31. The van der Waals surface area contributed by atoms with Gasteiger partial charge in [0, 0.05) is 11.5 Å². The van der Waals surface area contributed by atoms with E-state index in [1.807, 2.05) is 18.2 Å². The Morgan fingerprint density at radius 2 is 2.21 bits per heavy atom. The fourth-order valence-electron chi connectivity index (χ4n) is 1.83. The van der Waals surface area contributed by atoms with Crippen LogP contribution in [-0.2, 0) is 23.0 Å². The number of hydrogen-bond acceptors (Lipinski definition) is 4. The van der Waals surface area contributed by atoms with Crippen molar-refractivity contribution >= 4 is 32.9 Å². The summed E-state index contributed by atoms with van der Waals surface area (Å²) >= 11 is 3.36. The molecule has 0 spiro atoms. The Balaban J connectivity index is 2.53. The number of rotatable bonds is 3. The van der Waals surface area contributed by atoms with Gasteiger partial charge >= 0.3 is 5.97 Å². The number of esters is 1. The normalized spacial score (nSPS) is 10.7. The zero-order chi connectivity index (χ0) is 14.0. The third-order valence-corrected chi connectivity index (χ3v) is 3.22. The quantitative estimate of drug-likeness (QED) is 0.808. The van der Waals surface area contributed by atoms with Crippen molar-refractivity contribution in [3.8, 4) is 0 Å². The van der Waals surface area contributed by atoms with E-state index < -0.39 is 5.97 Å². The van der Waals surface area contributed by atoms with Crippen molar-refractivity contribution in [1.29, 1.82) is 0 Å². The summed E-state index contributed by atoms with van der Waals surface area (Å²) in [6.07, 6.45) is -0.108. The van der Waals surface area contributed by atoms with Crippen molar-refractivity contribution in [2.45, 2.75) is 13.3 Å². The molecule has 0 N–H and O–H groups in total. The van der Waals surface area contributed by atoms with Crippen molar-refractivity contribution < 1.29 is 9.53 Å². The molecule has 0 bridgehead atoms. The van der Waals surface area contributed by atoms with Gasteiger partial charge in [0.2, 0.25) is 0 Å². The summed E-state index contributed by atoms with van der Waals surface area (Å²) in [5.74, 6) is -0.443. The van der Waals surface area contributed by atoms with E-state index in [1.54, 1.807) is 14.0 Å². The summed E-state index contributed by atoms with van der Waals surface area (Å²) in [4.78, 5) is 27.8. The van der Waals surface area contributed by atoms with Crippen molar-refractivity contribution in [2.75, 3.05) is 6.61 Å². The number of carbonyl (C=O) groups is 1. The van der Waals surface area contributed by atoms with Crippen LogP contribution in [0.2, 0.25) is 0 Å². The van der Waals surface area contributed by atoms with E-state index in [0.29, 0.717) is 5.52 Å². The summed E-state index contributed by atoms with van der Waals surface area (Å²) in [5, 5.41) is 0. The molecule has 0 atom stereocenters. The zero-order valence-electron chi connectivity index (χ0n) is 10.6. The van der Waals surface area contributed by atoms with Crippen LogP contribution >= 0.6 is 15.9 Å². The van der Waals surface area contributed by atoms with Crippen LogP contribution in [0.3, 0.4) is 0 Å². The predicted octanol–water partition coefficient (Wildman–Crippen LogP) is 1.80. The van der Waals surface area contributed by atoms with Gasteiger partial charge in [-0.05, 0) is 25.1 Å². The lowest BCUT2D eigenvalue weighted by molar-refractivity contribution is -0.142. The van der Waals surface area contributed by atoms with Crippen molar-refractivity contribution in [3.05, 3.63) is 38.7 Å². The zero-order valence-corrected chi connectivity index (χ0v) is 12.2. The first-order valence-corrected chi connectivity index (χ1v) is 6.63. The minimum Gasteiger partial charge on any atom is -0.466 e. The fourth-order valence-corrected chi connectivity index (χ4v) is 2.18. The highest BCUT2D eigenvalue weighted by Crippen LogP contribution is 2.16. The number of benzene rings is 1. The lowest BCUT2D eigenvalue weighted by Gasteiger charge is -2.08. The SMILES string of the molecule is CCOC(=O)Cc1nc2cc(Br)ccc2n(C)c1=O. The fraction of sp³-hybridized carbons (Fsp3) is 0.308. The number of nitrogens with zero attached hydrogens (tertiary/aromatic N) is 2. The van der Waals surface area contributed by atoms with Gasteiger partial charge in [0.05, 0.1) is 24.1 Å². The maximum absolute atomic E-state index is 12.1. The van der Waals surface area contributed by atoms with Crippen LogP contribution in [0.4, 0.5) is 0 Å². The number of hydrogen-bond donors (Lipinski definition) is 0. The van der Waals surface area contributed by atoms with Gasteiger partial charge in [-0.3, -0.25) is 9.59 Å². The molecule has 2 aromatic rings. The van der Waals surface area contributed by atoms with E-state index in [2.05, 4.69) is 20.9 Å². The van der Waals surface area contributed by atoms with E-state index in [-0.39, 0.29) is 24.3 Å². The first-order chi connectivity index (χ1) is 9.02. The molecule has 0 amide bonds. The first kappa shape index (κ1) is 13.7. The van der Waals surface area contributed by atoms with E-state index in [0.717, 1.165) is 9.99 Å². The van der Waals surface area contributed by atoms with Gasteiger partial charge in [0.15, 0.2) is 0 Å². The highest BCUT2D eigenvalue weighted by Gasteiger charge is 2.13. The minimum absolute atomic E-state index is 0.108. The Morgan fingerprint density at radius 1 is 1.47 bits per heavy atom. The average Bonchev–Trinajstić information content (AvgIpc) is 2.35. The second kappa shape index (κ2) is 5.52. The Morgan fingerprint density at radius 3 is 2.89 bits per heavy atom. The topological polar surface area (TPSA) is 61.2 Å². The Labute approximate surface area is 118 Å². The molecular formula is C13H13BrN2O3. The lowest BCUT2D eigenvalue weighted by Crippen LogP contribution is -2.25. The molecule has 0 saturated heterocycles. The molecule has 0 unspecified atom stereocenters. The molecule has 1 aromatic heterocycles. The van der Waals surface area contributed by atoms with Gasteiger partial charge in [-0.1, -0.05) is 15.9 Å². The third-order valence-electron chi connectivity index (χ3n) is 2.72. The molecular weight excluding hydrogens is 312 g/mol. The molecule has 1 heterocycles. The Bertz CT molecular complexity index is 694. The van der Waals surface area contributed by atoms with Crippen LogP contribution in [0.1, 0.15) is 12.6 Å². The monoisotopic (exact) mass is 324 g/mol. The Kier molecular flexibility index (Phi) is 3.99. The maximum Gasteiger partial charge on any atom is 0.312 e. The van der Waals surface area contributed by atoms with Crippen LogP contribution in [0.15, 0.2) is 27.5 Å². The van der Waals surface area contributed by atoms with Gasteiger partial charge in [0.1, 0.15) is 5.69 Å². The lowest BCUT2D eigenvalue weighted by atomic mass is 10.2. The van der Waals surface area contributed by atoms with Gasteiger partial charge in [-0.2, -0.15) is 0 Å². The number of aromatic nitrogens is 2. The molecule has 19 heavy (non-hydrogen) atoms. The second-order valence-corrected chi connectivity index (χ2v) is 4.95. The number of carbonyl (C=O) groups excluding carboxylic acids is 1. The van der Waals surface area contributed by atoms with Gasteiger partial charge in [-0.15, -0.1) is 0 Å². The van der Waals surface area contributed by atoms with Crippen molar-refractivity contribution in [2.24, 2.45) is 7.05 Å². The van der Waals surface area contributed by atoms with E-state index in [9.17, 15) is 9.59 Å². The van der Waals surface area contributed by atoms with Crippen LogP contribution in [0.25, 0.3) is 11.0 Å². The summed E-state index contributed by atoms with van der Waals surface area (Å²) < 4.78 is 7.20. The number of ether oxygens (including phenoxy) is 1. The maximum atomic E-state index is 12.1. The number of halogens is 1. The van der Waals surface area contributed by atoms with Gasteiger partial charge in [-0.25, -0.2) is 4.98 Å². The van der Waals surface area contributed by atoms with E-state index >= 15 is 0 Å². The first-order valence-electron chi connectivity index (χ1n) is 5.83. The molecule has 0 aliphatic heterocycles. The third kappa shape index (κ3) is 2.84. The standard InChI is InChI=1S/C13H13BrN2O3/c1-3-19-12(17)7-10-13(18)16(2)11-5-4-8(14)6-9(11)15-10/h4-6H,3,7H2,1-2H3. The molecule has 0 fully saturated rings. The molecule has 100 valence electrons. The minimum atomic E-state index is -0.443. The molecule has 0 radical (unpaired) electrons. The van der Waals surface area contributed by atoms with Crippen LogP contribution in [0, 0.1) is 0 Å². The van der Waals surface area contributed by atoms with Crippen LogP contribution in [0.5, 0.6) is 0 Å². The second-order valence-electron chi connectivity index (χ2n) is 4.04. The summed E-state index contributed by atoms with van der Waals surface area (Å²) in [6, 6.07) is 5.46. The van der Waals surface area contributed by atoms with Gasteiger partial charge < -0.3 is 9.30 Å². The predicted molar refractivity (Wildman–Crippen MR) is 75.0 cm³/mol. The average molecular weight is 325 g/mol. The van der Waals surface area contributed by atoms with E-state index in [1.165, 1.54) is 4.57 Å². The number of fused-ring (bicyclic) bond motifs is 1. The molecule has 1 aromatic carbocycles. The highest BCUT2D eigenvalue weighted by atomic mass is 79.9. The van der Waals surface area contributed by atoms with Gasteiger partial charge in [0.25, 0.3) is 5.56 Å². The van der Waals surface area contributed by atoms with E-state index in [4.69, 9.17) is 4.74 Å². The van der Waals surface area contributed by atoms with Crippen LogP contribution in [-0.4, -0.2) is 22.1 Å². The smallest absolute Gasteiger partial charge is 0.312 e. The Hall–Kier alpha value is -1.69. The largest absolute Gasteiger partial charge is 0.466 e. The highest BCUT2D eigenvalue weighted by molar-refractivity contribution is 9.10. The molecule has 5 nitrogen and oxygen atoms in total. The number of aryl methyl sites for hydroxylation is 1. The van der Waals surface area contributed by atoms with Crippen LogP contribution < -0.4 is 5.56 Å². The van der Waals surface area contributed by atoms with Crippen molar-refractivity contribution in [1.82, 2.24) is 9.55 Å². The summed E-state index contributed by atoms with van der Waals surface area (Å²) in [6.45, 7) is 2.01. The molecule has 0 aliphatic carbocycles. The summed E-state index contributed by atoms with van der Waals surface area (Å²) in [7, 11) is 1.66. The molecule has 0 aliphatic rings. The molecule has 6 heteroatoms.